The Bertz CT molecular complexity index is 446. The van der Waals surface area contributed by atoms with Crippen LogP contribution >= 0.6 is 11.8 Å². The van der Waals surface area contributed by atoms with E-state index >= 15 is 0 Å². The molecule has 0 unspecified atom stereocenters. The predicted molar refractivity (Wildman–Crippen MR) is 83.8 cm³/mol. The highest BCUT2D eigenvalue weighted by atomic mass is 32.2. The van der Waals surface area contributed by atoms with Crippen molar-refractivity contribution in [3.8, 4) is 0 Å². The van der Waals surface area contributed by atoms with Crippen LogP contribution in [-0.2, 0) is 16.1 Å². The Balaban J connectivity index is 1.99. The van der Waals surface area contributed by atoms with Crippen LogP contribution in [0.15, 0.2) is 24.3 Å². The average molecular weight is 311 g/mol. The standard InChI is InChI=1S/C16H22FNO2S/c1-21-10-8-16(19)18(12-15-3-2-9-20-15)11-13-4-6-14(17)7-5-13/h4-7,15H,2-3,8-12H2,1H3/t15-/m1/s1. The molecule has 1 aromatic carbocycles. The van der Waals surface area contributed by atoms with Crippen molar-refractivity contribution in [2.75, 3.05) is 25.2 Å². The van der Waals surface area contributed by atoms with Gasteiger partial charge < -0.3 is 9.64 Å². The van der Waals surface area contributed by atoms with Gasteiger partial charge in [-0.3, -0.25) is 4.79 Å². The second-order valence-electron chi connectivity index (χ2n) is 5.28. The van der Waals surface area contributed by atoms with Crippen LogP contribution in [0, 0.1) is 5.82 Å². The van der Waals surface area contributed by atoms with E-state index in [1.807, 2.05) is 11.2 Å². The summed E-state index contributed by atoms with van der Waals surface area (Å²) in [7, 11) is 0. The summed E-state index contributed by atoms with van der Waals surface area (Å²) in [5.41, 5.74) is 0.951. The fourth-order valence-electron chi connectivity index (χ4n) is 2.45. The van der Waals surface area contributed by atoms with Crippen molar-refractivity contribution in [2.24, 2.45) is 0 Å². The predicted octanol–water partition coefficient (Wildman–Crippen LogP) is 3.09. The molecule has 1 heterocycles. The molecule has 21 heavy (non-hydrogen) atoms. The number of amides is 1. The van der Waals surface area contributed by atoms with Crippen molar-refractivity contribution < 1.29 is 13.9 Å². The molecule has 2 rings (SSSR count). The highest BCUT2D eigenvalue weighted by Gasteiger charge is 2.22. The molecule has 0 N–H and O–H groups in total. The van der Waals surface area contributed by atoms with E-state index in [4.69, 9.17) is 4.74 Å². The zero-order chi connectivity index (χ0) is 15.1. The number of rotatable bonds is 7. The number of carbonyl (C=O) groups is 1. The molecule has 1 amide bonds. The molecule has 0 bridgehead atoms. The maximum Gasteiger partial charge on any atom is 0.223 e. The van der Waals surface area contributed by atoms with E-state index in [9.17, 15) is 9.18 Å². The molecule has 1 aliphatic rings. The first-order valence-corrected chi connectivity index (χ1v) is 8.71. The van der Waals surface area contributed by atoms with Crippen LogP contribution < -0.4 is 0 Å². The lowest BCUT2D eigenvalue weighted by Gasteiger charge is -2.25. The lowest BCUT2D eigenvalue weighted by atomic mass is 10.1. The number of hydrogen-bond donors (Lipinski definition) is 0. The fourth-order valence-corrected chi connectivity index (χ4v) is 2.83. The lowest BCUT2D eigenvalue weighted by molar-refractivity contribution is -0.133. The second-order valence-corrected chi connectivity index (χ2v) is 6.26. The summed E-state index contributed by atoms with van der Waals surface area (Å²) < 4.78 is 18.6. The van der Waals surface area contributed by atoms with Crippen LogP contribution in [0.2, 0.25) is 0 Å². The van der Waals surface area contributed by atoms with Crippen LogP contribution in [0.5, 0.6) is 0 Å². The molecule has 0 aliphatic carbocycles. The van der Waals surface area contributed by atoms with Crippen molar-refractivity contribution in [3.05, 3.63) is 35.6 Å². The van der Waals surface area contributed by atoms with E-state index in [-0.39, 0.29) is 17.8 Å². The normalized spacial score (nSPS) is 17.9. The van der Waals surface area contributed by atoms with Crippen molar-refractivity contribution in [3.63, 3.8) is 0 Å². The maximum atomic E-state index is 13.0. The summed E-state index contributed by atoms with van der Waals surface area (Å²) in [4.78, 5) is 14.2. The van der Waals surface area contributed by atoms with Gasteiger partial charge in [0.25, 0.3) is 0 Å². The molecule has 3 nitrogen and oxygen atoms in total. The summed E-state index contributed by atoms with van der Waals surface area (Å²) in [6.07, 6.45) is 4.75. The van der Waals surface area contributed by atoms with Crippen molar-refractivity contribution in [1.82, 2.24) is 4.90 Å². The second kappa shape index (κ2) is 8.39. The first-order valence-electron chi connectivity index (χ1n) is 7.32. The molecule has 1 atom stereocenters. The van der Waals surface area contributed by atoms with E-state index in [1.165, 1.54) is 12.1 Å². The lowest BCUT2D eigenvalue weighted by Crippen LogP contribution is -2.37. The van der Waals surface area contributed by atoms with Gasteiger partial charge in [0.15, 0.2) is 0 Å². The fraction of sp³-hybridized carbons (Fsp3) is 0.562. The van der Waals surface area contributed by atoms with Crippen LogP contribution in [0.3, 0.4) is 0 Å². The molecular weight excluding hydrogens is 289 g/mol. The third-order valence-corrected chi connectivity index (χ3v) is 4.22. The SMILES string of the molecule is CSCCC(=O)N(Cc1ccc(F)cc1)C[C@H]1CCCO1. The highest BCUT2D eigenvalue weighted by Crippen LogP contribution is 2.16. The quantitative estimate of drug-likeness (QED) is 0.775. The minimum Gasteiger partial charge on any atom is -0.376 e. The first kappa shape index (κ1) is 16.3. The Hall–Kier alpha value is -1.07. The highest BCUT2D eigenvalue weighted by molar-refractivity contribution is 7.98. The van der Waals surface area contributed by atoms with Gasteiger partial charge in [-0.05, 0) is 36.8 Å². The number of thioether (sulfide) groups is 1. The van der Waals surface area contributed by atoms with Crippen LogP contribution in [0.4, 0.5) is 4.39 Å². The number of halogens is 1. The number of carbonyl (C=O) groups excluding carboxylic acids is 1. The van der Waals surface area contributed by atoms with Crippen LogP contribution in [0.1, 0.15) is 24.8 Å². The summed E-state index contributed by atoms with van der Waals surface area (Å²) in [6, 6.07) is 6.34. The Morgan fingerprint density at radius 2 is 2.19 bits per heavy atom. The summed E-state index contributed by atoms with van der Waals surface area (Å²) in [5.74, 6) is 0.715. The molecule has 0 spiro atoms. The van der Waals surface area contributed by atoms with E-state index in [1.54, 1.807) is 23.9 Å². The van der Waals surface area contributed by atoms with Crippen LogP contribution in [0.25, 0.3) is 0 Å². The average Bonchev–Trinajstić information content (AvgIpc) is 2.99. The third kappa shape index (κ3) is 5.32. The molecule has 1 aliphatic heterocycles. The Morgan fingerprint density at radius 3 is 2.81 bits per heavy atom. The molecule has 1 aromatic rings. The van der Waals surface area contributed by atoms with Crippen molar-refractivity contribution >= 4 is 17.7 Å². The molecule has 0 saturated carbocycles. The third-order valence-electron chi connectivity index (χ3n) is 3.61. The van der Waals surface area contributed by atoms with Gasteiger partial charge in [0, 0.05) is 31.9 Å². The number of nitrogens with zero attached hydrogens (tertiary/aromatic N) is 1. The van der Waals surface area contributed by atoms with Crippen molar-refractivity contribution in [1.29, 1.82) is 0 Å². The van der Waals surface area contributed by atoms with E-state index in [2.05, 4.69) is 0 Å². The summed E-state index contributed by atoms with van der Waals surface area (Å²) in [6.45, 7) is 1.94. The molecule has 0 aromatic heterocycles. The van der Waals surface area contributed by atoms with Gasteiger partial charge >= 0.3 is 0 Å². The molecule has 1 fully saturated rings. The largest absolute Gasteiger partial charge is 0.376 e. The number of ether oxygens (including phenoxy) is 1. The topological polar surface area (TPSA) is 29.5 Å². The van der Waals surface area contributed by atoms with E-state index < -0.39 is 0 Å². The molecule has 5 heteroatoms. The summed E-state index contributed by atoms with van der Waals surface area (Å²) >= 11 is 1.67. The maximum absolute atomic E-state index is 13.0. The van der Waals surface area contributed by atoms with Gasteiger partial charge in [-0.2, -0.15) is 11.8 Å². The zero-order valence-corrected chi connectivity index (χ0v) is 13.2. The molecule has 1 saturated heterocycles. The molecule has 0 radical (unpaired) electrons. The first-order chi connectivity index (χ1) is 10.2. The van der Waals surface area contributed by atoms with Gasteiger partial charge in [0.1, 0.15) is 5.82 Å². The van der Waals surface area contributed by atoms with E-state index in [0.29, 0.717) is 19.5 Å². The van der Waals surface area contributed by atoms with Gasteiger partial charge in [-0.25, -0.2) is 4.39 Å². The smallest absolute Gasteiger partial charge is 0.223 e. The van der Waals surface area contributed by atoms with E-state index in [0.717, 1.165) is 30.8 Å². The van der Waals surface area contributed by atoms with Gasteiger partial charge in [-0.1, -0.05) is 12.1 Å². The number of benzene rings is 1. The monoisotopic (exact) mass is 311 g/mol. The molecular formula is C16H22FNO2S. The zero-order valence-electron chi connectivity index (χ0n) is 12.4. The Labute approximate surface area is 129 Å². The van der Waals surface area contributed by atoms with Crippen LogP contribution in [-0.4, -0.2) is 42.1 Å². The van der Waals surface area contributed by atoms with Gasteiger partial charge in [0.05, 0.1) is 6.10 Å². The van der Waals surface area contributed by atoms with Gasteiger partial charge in [-0.15, -0.1) is 0 Å². The van der Waals surface area contributed by atoms with Gasteiger partial charge in [0.2, 0.25) is 5.91 Å². The molecule has 116 valence electrons. The Kier molecular flexibility index (Phi) is 6.51. The Morgan fingerprint density at radius 1 is 1.43 bits per heavy atom. The summed E-state index contributed by atoms with van der Waals surface area (Å²) in [5, 5.41) is 0. The number of hydrogen-bond acceptors (Lipinski definition) is 3. The minimum atomic E-state index is -0.252. The van der Waals surface area contributed by atoms with Crippen molar-refractivity contribution in [2.45, 2.75) is 31.9 Å². The minimum absolute atomic E-state index is 0.142.